The lowest BCUT2D eigenvalue weighted by molar-refractivity contribution is -0.380. The first-order valence-corrected chi connectivity index (χ1v) is 9.96. The van der Waals surface area contributed by atoms with E-state index in [4.69, 9.17) is 4.74 Å². The van der Waals surface area contributed by atoms with Crippen LogP contribution >= 0.6 is 22.7 Å². The number of thiophene rings is 1. The molecule has 11 heteroatoms. The van der Waals surface area contributed by atoms with Crippen molar-refractivity contribution in [2.75, 3.05) is 6.61 Å². The van der Waals surface area contributed by atoms with Gasteiger partial charge in [0.05, 0.1) is 21.7 Å². The number of nitrogens with zero attached hydrogens (tertiary/aromatic N) is 3. The van der Waals surface area contributed by atoms with Gasteiger partial charge in [0, 0.05) is 17.0 Å². The van der Waals surface area contributed by atoms with Gasteiger partial charge in [0.1, 0.15) is 12.4 Å². The van der Waals surface area contributed by atoms with Gasteiger partial charge in [-0.25, -0.2) is 4.39 Å². The normalized spacial score (nSPS) is 12.0. The molecule has 3 aromatic rings. The summed E-state index contributed by atoms with van der Waals surface area (Å²) in [5, 5.41) is 10.7. The number of ether oxygens (including phenoxy) is 1. The number of hydrogen-bond acceptors (Lipinski definition) is 7. The fraction of sp³-hybridized carbons (Fsp3) is 0.167. The van der Waals surface area contributed by atoms with Crippen molar-refractivity contribution in [3.8, 4) is 0 Å². The monoisotopic (exact) mass is 435 g/mol. The average Bonchev–Trinajstić information content (AvgIpc) is 3.25. The molecule has 1 aromatic carbocycles. The van der Waals surface area contributed by atoms with Crippen molar-refractivity contribution in [3.05, 3.63) is 62.0 Å². The summed E-state index contributed by atoms with van der Waals surface area (Å²) in [6, 6.07) is 6.93. The van der Waals surface area contributed by atoms with Crippen LogP contribution in [0.25, 0.3) is 16.3 Å². The van der Waals surface area contributed by atoms with E-state index < -0.39 is 22.6 Å². The Morgan fingerprint density at radius 2 is 2.10 bits per heavy atom. The Morgan fingerprint density at radius 3 is 2.79 bits per heavy atom. The van der Waals surface area contributed by atoms with Crippen LogP contribution in [0.4, 0.5) is 9.39 Å². The van der Waals surface area contributed by atoms with Crippen LogP contribution in [0.2, 0.25) is 0 Å². The number of rotatable bonds is 6. The van der Waals surface area contributed by atoms with Crippen LogP contribution in [0.15, 0.2) is 41.4 Å². The van der Waals surface area contributed by atoms with Crippen molar-refractivity contribution in [2.24, 2.45) is 4.99 Å². The van der Waals surface area contributed by atoms with Crippen LogP contribution in [0.3, 0.4) is 0 Å². The minimum Gasteiger partial charge on any atom is -0.465 e. The fourth-order valence-corrected chi connectivity index (χ4v) is 4.22. The van der Waals surface area contributed by atoms with E-state index >= 15 is 0 Å². The van der Waals surface area contributed by atoms with Crippen LogP contribution in [0.5, 0.6) is 0 Å². The molecular formula is C18H14FN3O5S2. The first-order chi connectivity index (χ1) is 13.9. The van der Waals surface area contributed by atoms with Crippen molar-refractivity contribution in [3.63, 3.8) is 0 Å². The zero-order valence-corrected chi connectivity index (χ0v) is 16.7. The van der Waals surface area contributed by atoms with E-state index in [0.717, 1.165) is 22.7 Å². The third-order valence-corrected chi connectivity index (χ3v) is 5.67. The summed E-state index contributed by atoms with van der Waals surface area (Å²) in [7, 11) is 0. The Balaban J connectivity index is 1.94. The maximum atomic E-state index is 13.5. The molecule has 0 aliphatic carbocycles. The molecule has 3 rings (SSSR count). The topological polar surface area (TPSA) is 104 Å². The van der Waals surface area contributed by atoms with Gasteiger partial charge in [-0.2, -0.15) is 4.99 Å². The van der Waals surface area contributed by atoms with Crippen molar-refractivity contribution < 1.29 is 23.6 Å². The summed E-state index contributed by atoms with van der Waals surface area (Å²) in [5.74, 6) is -1.57. The molecule has 0 unspecified atom stereocenters. The molecule has 0 saturated heterocycles. The molecule has 0 bridgehead atoms. The number of carbonyl (C=O) groups is 2. The molecule has 0 spiro atoms. The van der Waals surface area contributed by atoms with Crippen LogP contribution in [-0.2, 0) is 20.9 Å². The first-order valence-electron chi connectivity index (χ1n) is 8.33. The van der Waals surface area contributed by atoms with Gasteiger partial charge in [-0.05, 0) is 37.3 Å². The SMILES string of the molecule is CCOC(=O)Cn1c(=NC(=O)C=Cc2ccc([N+](=O)[O-])s2)sc2cc(F)ccc21. The number of amides is 1. The van der Waals surface area contributed by atoms with Gasteiger partial charge in [-0.1, -0.05) is 22.7 Å². The standard InChI is InChI=1S/C18H14FN3O5S2/c1-2-27-17(24)10-21-13-6-3-11(19)9-14(13)29-18(21)20-15(23)7-4-12-5-8-16(28-12)22(25)26/h3-9H,2,10H2,1H3. The number of halogens is 1. The Labute approximate surface area is 171 Å². The van der Waals surface area contributed by atoms with Crippen molar-refractivity contribution in [2.45, 2.75) is 13.5 Å². The Hall–Kier alpha value is -3.18. The van der Waals surface area contributed by atoms with E-state index in [1.807, 2.05) is 0 Å². The lowest BCUT2D eigenvalue weighted by Gasteiger charge is -2.04. The Bertz CT molecular complexity index is 1190. The number of nitro groups is 1. The summed E-state index contributed by atoms with van der Waals surface area (Å²) in [6.45, 7) is 1.71. The minimum absolute atomic E-state index is 0.0344. The van der Waals surface area contributed by atoms with Crippen molar-refractivity contribution >= 4 is 55.8 Å². The molecule has 2 heterocycles. The zero-order valence-electron chi connectivity index (χ0n) is 15.0. The number of hydrogen-bond donors (Lipinski definition) is 0. The number of carbonyl (C=O) groups excluding carboxylic acids is 2. The molecule has 2 aromatic heterocycles. The van der Waals surface area contributed by atoms with E-state index in [9.17, 15) is 24.1 Å². The number of fused-ring (bicyclic) bond motifs is 1. The zero-order chi connectivity index (χ0) is 21.0. The molecule has 8 nitrogen and oxygen atoms in total. The lowest BCUT2D eigenvalue weighted by Crippen LogP contribution is -2.22. The molecule has 0 atom stereocenters. The maximum Gasteiger partial charge on any atom is 0.326 e. The predicted molar refractivity (Wildman–Crippen MR) is 107 cm³/mol. The van der Waals surface area contributed by atoms with Gasteiger partial charge >= 0.3 is 11.0 Å². The van der Waals surface area contributed by atoms with Crippen LogP contribution in [-0.4, -0.2) is 28.0 Å². The summed E-state index contributed by atoms with van der Waals surface area (Å²) in [5.41, 5.74) is 0.550. The molecule has 0 N–H and O–H groups in total. The quantitative estimate of drug-likeness (QED) is 0.255. The highest BCUT2D eigenvalue weighted by Crippen LogP contribution is 2.24. The molecule has 0 aliphatic heterocycles. The van der Waals surface area contributed by atoms with Crippen LogP contribution in [0, 0.1) is 15.9 Å². The maximum absolute atomic E-state index is 13.5. The molecule has 0 fully saturated rings. The van der Waals surface area contributed by atoms with Crippen molar-refractivity contribution in [1.82, 2.24) is 4.57 Å². The van der Waals surface area contributed by atoms with Crippen LogP contribution in [0.1, 0.15) is 11.8 Å². The van der Waals surface area contributed by atoms with Gasteiger partial charge in [0.2, 0.25) is 0 Å². The molecule has 0 saturated carbocycles. The van der Waals surface area contributed by atoms with Gasteiger partial charge in [-0.15, -0.1) is 0 Å². The minimum atomic E-state index is -0.620. The second kappa shape index (κ2) is 8.88. The molecule has 29 heavy (non-hydrogen) atoms. The smallest absolute Gasteiger partial charge is 0.326 e. The van der Waals surface area contributed by atoms with E-state index in [0.29, 0.717) is 15.1 Å². The van der Waals surface area contributed by atoms with E-state index in [-0.39, 0.29) is 23.0 Å². The first kappa shape index (κ1) is 20.6. The van der Waals surface area contributed by atoms with Gasteiger partial charge in [0.25, 0.3) is 5.91 Å². The highest BCUT2D eigenvalue weighted by molar-refractivity contribution is 7.16. The van der Waals surface area contributed by atoms with Gasteiger partial charge in [-0.3, -0.25) is 19.7 Å². The molecule has 0 radical (unpaired) electrons. The number of thiazole rings is 1. The number of benzene rings is 1. The summed E-state index contributed by atoms with van der Waals surface area (Å²) in [4.78, 5) is 39.1. The van der Waals surface area contributed by atoms with Crippen molar-refractivity contribution in [1.29, 1.82) is 0 Å². The van der Waals surface area contributed by atoms with Crippen LogP contribution < -0.4 is 4.80 Å². The average molecular weight is 435 g/mol. The van der Waals surface area contributed by atoms with E-state index in [1.165, 1.54) is 47.1 Å². The van der Waals surface area contributed by atoms with E-state index in [2.05, 4.69) is 4.99 Å². The molecule has 1 amide bonds. The third-order valence-electron chi connectivity index (χ3n) is 3.63. The summed E-state index contributed by atoms with van der Waals surface area (Å²) in [6.07, 6.45) is 2.60. The lowest BCUT2D eigenvalue weighted by atomic mass is 10.3. The third kappa shape index (κ3) is 5.00. The molecule has 150 valence electrons. The molecular weight excluding hydrogens is 421 g/mol. The summed E-state index contributed by atoms with van der Waals surface area (Å²) < 4.78 is 20.5. The number of esters is 1. The van der Waals surface area contributed by atoms with E-state index in [1.54, 1.807) is 6.92 Å². The largest absolute Gasteiger partial charge is 0.465 e. The highest BCUT2D eigenvalue weighted by Gasteiger charge is 2.13. The van der Waals surface area contributed by atoms with Gasteiger partial charge in [0.15, 0.2) is 4.80 Å². The van der Waals surface area contributed by atoms with Gasteiger partial charge < -0.3 is 9.30 Å². The second-order valence-electron chi connectivity index (χ2n) is 5.60. The Kier molecular flexibility index (Phi) is 6.29. The molecule has 0 aliphatic rings. The number of aromatic nitrogens is 1. The fourth-order valence-electron chi connectivity index (χ4n) is 2.44. The summed E-state index contributed by atoms with van der Waals surface area (Å²) >= 11 is 1.99. The second-order valence-corrected chi connectivity index (χ2v) is 7.71. The predicted octanol–water partition coefficient (Wildman–Crippen LogP) is 3.52. The Morgan fingerprint density at radius 1 is 1.31 bits per heavy atom. The highest BCUT2D eigenvalue weighted by atomic mass is 32.1.